The first kappa shape index (κ1) is 13.7. The quantitative estimate of drug-likeness (QED) is 0.736. The van der Waals surface area contributed by atoms with Gasteiger partial charge >= 0.3 is 0 Å². The van der Waals surface area contributed by atoms with Gasteiger partial charge in [0.15, 0.2) is 5.82 Å². The molecule has 5 heteroatoms. The predicted octanol–water partition coefficient (Wildman–Crippen LogP) is 4.04. The molecule has 0 unspecified atom stereocenters. The number of aryl methyl sites for hydroxylation is 1. The van der Waals surface area contributed by atoms with Gasteiger partial charge in [-0.05, 0) is 36.8 Å². The summed E-state index contributed by atoms with van der Waals surface area (Å²) in [6, 6.07) is 15.4. The molecule has 0 radical (unpaired) electrons. The second kappa shape index (κ2) is 6.01. The van der Waals surface area contributed by atoms with Crippen LogP contribution in [0.15, 0.2) is 57.9 Å². The Morgan fingerprint density at radius 3 is 2.71 bits per heavy atom. The van der Waals surface area contributed by atoms with Gasteiger partial charge in [-0.1, -0.05) is 29.4 Å². The number of aromatic nitrogens is 2. The fourth-order valence-electron chi connectivity index (χ4n) is 1.84. The van der Waals surface area contributed by atoms with E-state index in [1.165, 1.54) is 0 Å². The molecule has 0 saturated heterocycles. The molecule has 3 aromatic rings. The lowest BCUT2D eigenvalue weighted by Gasteiger charge is -1.99. The molecule has 3 rings (SSSR count). The summed E-state index contributed by atoms with van der Waals surface area (Å²) in [5.74, 6) is 1.93. The van der Waals surface area contributed by atoms with Crippen molar-refractivity contribution in [3.63, 3.8) is 0 Å². The molecule has 0 aliphatic heterocycles. The van der Waals surface area contributed by atoms with Crippen LogP contribution in [0.2, 0.25) is 0 Å². The van der Waals surface area contributed by atoms with Crippen molar-refractivity contribution in [1.29, 1.82) is 0 Å². The molecule has 0 fully saturated rings. The first-order chi connectivity index (χ1) is 10.2. The number of phenolic OH excluding ortho intramolecular Hbond substituents is 1. The standard InChI is InChI=1S/C16H14N2O2S/c1-11-7-8-12(9-14(11)19)16-17-15(18-20-16)10-21-13-5-3-2-4-6-13/h2-9,19H,10H2,1H3. The van der Waals surface area contributed by atoms with Gasteiger partial charge in [-0.25, -0.2) is 0 Å². The topological polar surface area (TPSA) is 59.2 Å². The van der Waals surface area contributed by atoms with E-state index in [1.807, 2.05) is 49.4 Å². The van der Waals surface area contributed by atoms with E-state index >= 15 is 0 Å². The molecule has 0 saturated carbocycles. The third kappa shape index (κ3) is 3.25. The number of nitrogens with zero attached hydrogens (tertiary/aromatic N) is 2. The molecule has 0 amide bonds. The molecule has 0 bridgehead atoms. The summed E-state index contributed by atoms with van der Waals surface area (Å²) in [6.45, 7) is 1.84. The summed E-state index contributed by atoms with van der Waals surface area (Å²) in [4.78, 5) is 5.52. The zero-order valence-electron chi connectivity index (χ0n) is 11.5. The first-order valence-corrected chi connectivity index (χ1v) is 7.51. The van der Waals surface area contributed by atoms with Gasteiger partial charge in [-0.15, -0.1) is 11.8 Å². The van der Waals surface area contributed by atoms with Gasteiger partial charge in [-0.2, -0.15) is 4.98 Å². The van der Waals surface area contributed by atoms with E-state index < -0.39 is 0 Å². The van der Waals surface area contributed by atoms with Crippen LogP contribution in [0.1, 0.15) is 11.4 Å². The molecule has 4 nitrogen and oxygen atoms in total. The lowest BCUT2D eigenvalue weighted by molar-refractivity contribution is 0.424. The molecule has 21 heavy (non-hydrogen) atoms. The monoisotopic (exact) mass is 298 g/mol. The summed E-state index contributed by atoms with van der Waals surface area (Å²) in [5.41, 5.74) is 1.54. The maximum absolute atomic E-state index is 9.73. The molecule has 1 aromatic heterocycles. The zero-order valence-corrected chi connectivity index (χ0v) is 12.3. The zero-order chi connectivity index (χ0) is 14.7. The third-order valence-electron chi connectivity index (χ3n) is 3.04. The minimum Gasteiger partial charge on any atom is -0.508 e. The maximum Gasteiger partial charge on any atom is 0.258 e. The molecule has 1 heterocycles. The largest absolute Gasteiger partial charge is 0.508 e. The van der Waals surface area contributed by atoms with Crippen LogP contribution in [-0.4, -0.2) is 15.2 Å². The Morgan fingerprint density at radius 2 is 1.95 bits per heavy atom. The smallest absolute Gasteiger partial charge is 0.258 e. The second-order valence-corrected chi connectivity index (χ2v) is 5.67. The lowest BCUT2D eigenvalue weighted by atomic mass is 10.1. The summed E-state index contributed by atoms with van der Waals surface area (Å²) >= 11 is 1.65. The highest BCUT2D eigenvalue weighted by Gasteiger charge is 2.10. The van der Waals surface area contributed by atoms with Gasteiger partial charge in [0.05, 0.1) is 5.75 Å². The van der Waals surface area contributed by atoms with Crippen LogP contribution in [-0.2, 0) is 5.75 Å². The molecule has 106 valence electrons. The fourth-order valence-corrected chi connectivity index (χ4v) is 2.60. The van der Waals surface area contributed by atoms with E-state index in [1.54, 1.807) is 17.8 Å². The SMILES string of the molecule is Cc1ccc(-c2nc(CSc3ccccc3)no2)cc1O. The van der Waals surface area contributed by atoms with Crippen molar-refractivity contribution in [1.82, 2.24) is 10.1 Å². The first-order valence-electron chi connectivity index (χ1n) is 6.53. The molecule has 0 atom stereocenters. The van der Waals surface area contributed by atoms with E-state index in [-0.39, 0.29) is 5.75 Å². The Labute approximate surface area is 126 Å². The maximum atomic E-state index is 9.73. The molecule has 0 aliphatic carbocycles. The van der Waals surface area contributed by atoms with Gasteiger partial charge in [0.25, 0.3) is 5.89 Å². The van der Waals surface area contributed by atoms with Gasteiger partial charge in [0.1, 0.15) is 5.75 Å². The third-order valence-corrected chi connectivity index (χ3v) is 4.04. The van der Waals surface area contributed by atoms with Crippen molar-refractivity contribution >= 4 is 11.8 Å². The van der Waals surface area contributed by atoms with Crippen LogP contribution in [0.4, 0.5) is 0 Å². The molecular weight excluding hydrogens is 284 g/mol. The highest BCUT2D eigenvalue weighted by atomic mass is 32.2. The number of phenols is 1. The number of hydrogen-bond donors (Lipinski definition) is 1. The summed E-state index contributed by atoms with van der Waals surface area (Å²) < 4.78 is 5.25. The Morgan fingerprint density at radius 1 is 1.14 bits per heavy atom. The molecular formula is C16H14N2O2S. The van der Waals surface area contributed by atoms with Crippen molar-refractivity contribution in [3.8, 4) is 17.2 Å². The van der Waals surface area contributed by atoms with Crippen LogP contribution < -0.4 is 0 Å². The van der Waals surface area contributed by atoms with E-state index in [0.29, 0.717) is 17.5 Å². The molecule has 1 N–H and O–H groups in total. The lowest BCUT2D eigenvalue weighted by Crippen LogP contribution is -1.84. The van der Waals surface area contributed by atoms with Crippen molar-refractivity contribution in [2.45, 2.75) is 17.6 Å². The average molecular weight is 298 g/mol. The number of hydrogen-bond acceptors (Lipinski definition) is 5. The van der Waals surface area contributed by atoms with Crippen LogP contribution >= 0.6 is 11.8 Å². The van der Waals surface area contributed by atoms with Crippen LogP contribution in [0.5, 0.6) is 5.75 Å². The van der Waals surface area contributed by atoms with Crippen LogP contribution in [0.25, 0.3) is 11.5 Å². The van der Waals surface area contributed by atoms with E-state index in [0.717, 1.165) is 16.0 Å². The number of benzene rings is 2. The Balaban J connectivity index is 1.72. The van der Waals surface area contributed by atoms with E-state index in [9.17, 15) is 5.11 Å². The van der Waals surface area contributed by atoms with E-state index in [4.69, 9.17) is 4.52 Å². The normalized spacial score (nSPS) is 10.7. The Bertz CT molecular complexity index is 741. The van der Waals surface area contributed by atoms with Crippen molar-refractivity contribution in [2.75, 3.05) is 0 Å². The van der Waals surface area contributed by atoms with Crippen molar-refractivity contribution < 1.29 is 9.63 Å². The average Bonchev–Trinajstić information content (AvgIpc) is 2.98. The van der Waals surface area contributed by atoms with Crippen LogP contribution in [0, 0.1) is 6.92 Å². The second-order valence-electron chi connectivity index (χ2n) is 4.62. The minimum absolute atomic E-state index is 0.228. The van der Waals surface area contributed by atoms with Crippen molar-refractivity contribution in [2.24, 2.45) is 0 Å². The summed E-state index contributed by atoms with van der Waals surface area (Å²) in [5, 5.41) is 13.7. The molecule has 0 aliphatic rings. The molecule has 2 aromatic carbocycles. The summed E-state index contributed by atoms with van der Waals surface area (Å²) in [6.07, 6.45) is 0. The number of thioether (sulfide) groups is 1. The van der Waals surface area contributed by atoms with E-state index in [2.05, 4.69) is 10.1 Å². The highest BCUT2D eigenvalue weighted by Crippen LogP contribution is 2.26. The minimum atomic E-state index is 0.228. The van der Waals surface area contributed by atoms with Gasteiger partial charge in [-0.3, -0.25) is 0 Å². The van der Waals surface area contributed by atoms with Gasteiger partial charge in [0.2, 0.25) is 0 Å². The summed E-state index contributed by atoms with van der Waals surface area (Å²) in [7, 11) is 0. The Hall–Kier alpha value is -2.27. The number of aromatic hydroxyl groups is 1. The van der Waals surface area contributed by atoms with Crippen LogP contribution in [0.3, 0.4) is 0 Å². The van der Waals surface area contributed by atoms with Gasteiger partial charge < -0.3 is 9.63 Å². The fraction of sp³-hybridized carbons (Fsp3) is 0.125. The number of rotatable bonds is 4. The van der Waals surface area contributed by atoms with Crippen molar-refractivity contribution in [3.05, 3.63) is 59.9 Å². The highest BCUT2D eigenvalue weighted by molar-refractivity contribution is 7.98. The predicted molar refractivity (Wildman–Crippen MR) is 82.1 cm³/mol. The molecule has 0 spiro atoms. The van der Waals surface area contributed by atoms with Gasteiger partial charge in [0, 0.05) is 10.5 Å². The Kier molecular flexibility index (Phi) is 3.92.